The number of carbonyl (C=O) groups is 1. The first-order valence-corrected chi connectivity index (χ1v) is 9.58. The number of amides is 1. The predicted molar refractivity (Wildman–Crippen MR) is 96.3 cm³/mol. The minimum Gasteiger partial charge on any atom is -0.410 e. The Morgan fingerprint density at radius 1 is 1.55 bits per heavy atom. The zero-order valence-electron chi connectivity index (χ0n) is 12.9. The minimum atomic E-state index is -0.315. The van der Waals surface area contributed by atoms with Gasteiger partial charge in [-0.05, 0) is 43.0 Å². The van der Waals surface area contributed by atoms with Gasteiger partial charge in [-0.15, -0.1) is 0 Å². The fourth-order valence-corrected chi connectivity index (χ4v) is 2.90. The molecule has 0 fully saturated rings. The number of nitrogens with zero attached hydrogens (tertiary/aromatic N) is 1. The summed E-state index contributed by atoms with van der Waals surface area (Å²) in [6, 6.07) is 6.28. The summed E-state index contributed by atoms with van der Waals surface area (Å²) in [6.07, 6.45) is 1.84. The molecular formula is C16H22Br2N2O2. The third-order valence-electron chi connectivity index (χ3n) is 3.94. The molecular weight excluding hydrogens is 412 g/mol. The van der Waals surface area contributed by atoms with Crippen molar-refractivity contribution in [2.75, 3.05) is 25.5 Å². The van der Waals surface area contributed by atoms with E-state index >= 15 is 0 Å². The van der Waals surface area contributed by atoms with Crippen molar-refractivity contribution in [3.63, 3.8) is 0 Å². The van der Waals surface area contributed by atoms with Gasteiger partial charge in [0.2, 0.25) is 0 Å². The summed E-state index contributed by atoms with van der Waals surface area (Å²) in [4.78, 5) is 13.8. The van der Waals surface area contributed by atoms with Gasteiger partial charge in [0.1, 0.15) is 5.75 Å². The largest absolute Gasteiger partial charge is 0.414 e. The standard InChI is InChI=1S/C16H22Br2N2O2/c1-3-20(2)16(21)22-13-6-4-11-5-7-15(14(11)8-13)19-10-12(18)9-17/h4,6,8,12,15,19H,3,5,7,9-10H2,1-2H3/t12?,15-/m1/s1. The van der Waals surface area contributed by atoms with Gasteiger partial charge in [0.15, 0.2) is 0 Å². The van der Waals surface area contributed by atoms with E-state index in [2.05, 4.69) is 43.2 Å². The zero-order chi connectivity index (χ0) is 16.1. The number of aryl methyl sites for hydroxylation is 1. The number of ether oxygens (including phenoxy) is 1. The number of benzene rings is 1. The van der Waals surface area contributed by atoms with E-state index in [1.165, 1.54) is 11.1 Å². The Balaban J connectivity index is 2.04. The van der Waals surface area contributed by atoms with E-state index < -0.39 is 0 Å². The van der Waals surface area contributed by atoms with Crippen molar-refractivity contribution in [3.8, 4) is 5.75 Å². The van der Waals surface area contributed by atoms with Gasteiger partial charge in [-0.2, -0.15) is 0 Å². The first-order chi connectivity index (χ1) is 10.5. The summed E-state index contributed by atoms with van der Waals surface area (Å²) >= 11 is 7.08. The summed E-state index contributed by atoms with van der Waals surface area (Å²) in [5, 5.41) is 4.49. The Morgan fingerprint density at radius 3 is 3.00 bits per heavy atom. The van der Waals surface area contributed by atoms with E-state index in [0.29, 0.717) is 23.2 Å². The van der Waals surface area contributed by atoms with Crippen LogP contribution in [0.2, 0.25) is 0 Å². The highest BCUT2D eigenvalue weighted by atomic mass is 79.9. The monoisotopic (exact) mass is 432 g/mol. The molecule has 0 heterocycles. The quantitative estimate of drug-likeness (QED) is 0.692. The van der Waals surface area contributed by atoms with E-state index in [4.69, 9.17) is 4.74 Å². The molecule has 0 spiro atoms. The summed E-state index contributed by atoms with van der Waals surface area (Å²) in [5.74, 6) is 0.619. The molecule has 2 atom stereocenters. The van der Waals surface area contributed by atoms with Crippen LogP contribution >= 0.6 is 31.9 Å². The lowest BCUT2D eigenvalue weighted by atomic mass is 10.1. The van der Waals surface area contributed by atoms with Gasteiger partial charge in [0.05, 0.1) is 0 Å². The second-order valence-corrected chi connectivity index (χ2v) is 7.44. The molecule has 1 aliphatic carbocycles. The number of rotatable bonds is 6. The topological polar surface area (TPSA) is 41.6 Å². The van der Waals surface area contributed by atoms with Gasteiger partial charge in [-0.3, -0.25) is 0 Å². The zero-order valence-corrected chi connectivity index (χ0v) is 16.1. The van der Waals surface area contributed by atoms with Crippen LogP contribution in [0.1, 0.15) is 30.5 Å². The molecule has 1 N–H and O–H groups in total. The fourth-order valence-electron chi connectivity index (χ4n) is 2.49. The van der Waals surface area contributed by atoms with Crippen molar-refractivity contribution < 1.29 is 9.53 Å². The van der Waals surface area contributed by atoms with Gasteiger partial charge < -0.3 is 15.0 Å². The Kier molecular flexibility index (Phi) is 6.71. The average molecular weight is 434 g/mol. The molecule has 1 amide bonds. The molecule has 0 saturated heterocycles. The molecule has 6 heteroatoms. The van der Waals surface area contributed by atoms with Crippen LogP contribution < -0.4 is 10.1 Å². The van der Waals surface area contributed by atoms with E-state index in [9.17, 15) is 4.79 Å². The Labute approximate surface area is 148 Å². The number of hydrogen-bond acceptors (Lipinski definition) is 3. The van der Waals surface area contributed by atoms with E-state index in [1.807, 2.05) is 19.1 Å². The maximum atomic E-state index is 11.9. The van der Waals surface area contributed by atoms with Gasteiger partial charge in [-0.25, -0.2) is 4.79 Å². The second kappa shape index (κ2) is 8.31. The maximum Gasteiger partial charge on any atom is 0.414 e. The fraction of sp³-hybridized carbons (Fsp3) is 0.562. The highest BCUT2D eigenvalue weighted by Crippen LogP contribution is 2.34. The smallest absolute Gasteiger partial charge is 0.410 e. The first-order valence-electron chi connectivity index (χ1n) is 7.54. The van der Waals surface area contributed by atoms with Crippen LogP contribution in [-0.4, -0.2) is 41.3 Å². The molecule has 0 saturated carbocycles. The van der Waals surface area contributed by atoms with Crippen LogP contribution in [0.15, 0.2) is 18.2 Å². The number of halogens is 2. The molecule has 0 aromatic heterocycles. The number of alkyl halides is 2. The van der Waals surface area contributed by atoms with Crippen molar-refractivity contribution >= 4 is 38.0 Å². The number of hydrogen-bond donors (Lipinski definition) is 1. The van der Waals surface area contributed by atoms with E-state index in [1.54, 1.807) is 11.9 Å². The third kappa shape index (κ3) is 4.46. The molecule has 1 aromatic rings. The molecule has 0 bridgehead atoms. The minimum absolute atomic E-state index is 0.315. The predicted octanol–water partition coefficient (Wildman–Crippen LogP) is 3.87. The molecule has 1 aromatic carbocycles. The van der Waals surface area contributed by atoms with E-state index in [0.717, 1.165) is 24.7 Å². The second-order valence-electron chi connectivity index (χ2n) is 5.49. The van der Waals surface area contributed by atoms with Crippen molar-refractivity contribution in [1.82, 2.24) is 10.2 Å². The van der Waals surface area contributed by atoms with E-state index in [-0.39, 0.29) is 6.09 Å². The Morgan fingerprint density at radius 2 is 2.32 bits per heavy atom. The molecule has 122 valence electrons. The van der Waals surface area contributed by atoms with Crippen molar-refractivity contribution in [2.24, 2.45) is 0 Å². The molecule has 4 nitrogen and oxygen atoms in total. The normalized spacial score (nSPS) is 17.9. The van der Waals surface area contributed by atoms with Crippen LogP contribution in [0.25, 0.3) is 0 Å². The lowest BCUT2D eigenvalue weighted by molar-refractivity contribution is 0.165. The average Bonchev–Trinajstić information content (AvgIpc) is 2.94. The summed E-state index contributed by atoms with van der Waals surface area (Å²) < 4.78 is 5.43. The molecule has 1 aliphatic rings. The Hall–Kier alpha value is -0.590. The SMILES string of the molecule is CCN(C)C(=O)Oc1ccc2c(c1)[C@H](NCC(Br)CBr)CC2. The summed E-state index contributed by atoms with van der Waals surface area (Å²) in [7, 11) is 1.73. The van der Waals surface area contributed by atoms with Gasteiger partial charge in [0, 0.05) is 36.3 Å². The van der Waals surface area contributed by atoms with Crippen molar-refractivity contribution in [3.05, 3.63) is 29.3 Å². The maximum absolute atomic E-state index is 11.9. The van der Waals surface area contributed by atoms with Gasteiger partial charge in [0.25, 0.3) is 0 Å². The number of fused-ring (bicyclic) bond motifs is 1. The highest BCUT2D eigenvalue weighted by molar-refractivity contribution is 9.12. The summed E-state index contributed by atoms with van der Waals surface area (Å²) in [5.41, 5.74) is 2.59. The van der Waals surface area contributed by atoms with Gasteiger partial charge >= 0.3 is 6.09 Å². The van der Waals surface area contributed by atoms with Crippen LogP contribution in [0, 0.1) is 0 Å². The first kappa shape index (κ1) is 17.8. The molecule has 1 unspecified atom stereocenters. The third-order valence-corrected chi connectivity index (χ3v) is 6.24. The number of carbonyl (C=O) groups excluding carboxylic acids is 1. The highest BCUT2D eigenvalue weighted by Gasteiger charge is 2.23. The number of nitrogens with one attached hydrogen (secondary N) is 1. The summed E-state index contributed by atoms with van der Waals surface area (Å²) in [6.45, 7) is 3.45. The van der Waals surface area contributed by atoms with Crippen LogP contribution in [0.5, 0.6) is 5.75 Å². The lowest BCUT2D eigenvalue weighted by Crippen LogP contribution is -2.29. The lowest BCUT2D eigenvalue weighted by Gasteiger charge is -2.18. The molecule has 22 heavy (non-hydrogen) atoms. The molecule has 0 radical (unpaired) electrons. The van der Waals surface area contributed by atoms with Crippen LogP contribution in [0.4, 0.5) is 4.79 Å². The van der Waals surface area contributed by atoms with Crippen LogP contribution in [-0.2, 0) is 6.42 Å². The van der Waals surface area contributed by atoms with Gasteiger partial charge in [-0.1, -0.05) is 37.9 Å². The van der Waals surface area contributed by atoms with Crippen molar-refractivity contribution in [1.29, 1.82) is 0 Å². The van der Waals surface area contributed by atoms with Crippen molar-refractivity contribution in [2.45, 2.75) is 30.6 Å². The molecule has 0 aliphatic heterocycles. The molecule has 2 rings (SSSR count). The Bertz CT molecular complexity index is 525. The van der Waals surface area contributed by atoms with Crippen LogP contribution in [0.3, 0.4) is 0 Å².